The van der Waals surface area contributed by atoms with Crippen molar-refractivity contribution >= 4 is 5.69 Å². The lowest BCUT2D eigenvalue weighted by Gasteiger charge is -2.19. The van der Waals surface area contributed by atoms with E-state index in [1.807, 2.05) is 0 Å². The zero-order valence-corrected chi connectivity index (χ0v) is 14.1. The second-order valence-electron chi connectivity index (χ2n) is 6.31. The van der Waals surface area contributed by atoms with E-state index in [-0.39, 0.29) is 0 Å². The molecule has 25 heavy (non-hydrogen) atoms. The van der Waals surface area contributed by atoms with Gasteiger partial charge in [-0.1, -0.05) is 91.0 Å². The molecule has 0 aliphatic heterocycles. The highest BCUT2D eigenvalue weighted by Crippen LogP contribution is 2.31. The highest BCUT2D eigenvalue weighted by atomic mass is 14.9. The molecule has 0 heterocycles. The molecule has 1 aliphatic carbocycles. The van der Waals surface area contributed by atoms with Crippen LogP contribution in [-0.4, -0.2) is 0 Å². The molecule has 1 atom stereocenters. The molecule has 122 valence electrons. The van der Waals surface area contributed by atoms with E-state index in [0.29, 0.717) is 5.92 Å². The van der Waals surface area contributed by atoms with E-state index < -0.39 is 0 Å². The summed E-state index contributed by atoms with van der Waals surface area (Å²) in [6.45, 7) is 0. The van der Waals surface area contributed by atoms with Crippen LogP contribution >= 0.6 is 0 Å². The highest BCUT2D eigenvalue weighted by Gasteiger charge is 2.12. The summed E-state index contributed by atoms with van der Waals surface area (Å²) >= 11 is 0. The Hall–Kier alpha value is -3.06. The van der Waals surface area contributed by atoms with Gasteiger partial charge in [0.15, 0.2) is 0 Å². The molecule has 0 radical (unpaired) electrons. The second kappa shape index (κ2) is 7.23. The Morgan fingerprint density at radius 2 is 1.40 bits per heavy atom. The lowest BCUT2D eigenvalue weighted by molar-refractivity contribution is 0.846. The Morgan fingerprint density at radius 3 is 2.12 bits per heavy atom. The number of hydrogen-bond donors (Lipinski definition) is 1. The van der Waals surface area contributed by atoms with Gasteiger partial charge in [0.2, 0.25) is 0 Å². The minimum atomic E-state index is 0.469. The van der Waals surface area contributed by atoms with E-state index in [1.54, 1.807) is 0 Å². The largest absolute Gasteiger partial charge is 0.355 e. The van der Waals surface area contributed by atoms with Gasteiger partial charge in [0, 0.05) is 22.9 Å². The van der Waals surface area contributed by atoms with Crippen LogP contribution in [0.2, 0.25) is 0 Å². The van der Waals surface area contributed by atoms with Gasteiger partial charge < -0.3 is 5.32 Å². The summed E-state index contributed by atoms with van der Waals surface area (Å²) in [7, 11) is 0. The van der Waals surface area contributed by atoms with Crippen LogP contribution in [0, 0.1) is 0 Å². The molecular weight excluding hydrogens is 302 g/mol. The molecule has 0 saturated carbocycles. The summed E-state index contributed by atoms with van der Waals surface area (Å²) in [6.07, 6.45) is 7.81. The van der Waals surface area contributed by atoms with Crippen molar-refractivity contribution in [2.24, 2.45) is 0 Å². The fourth-order valence-corrected chi connectivity index (χ4v) is 3.28. The van der Waals surface area contributed by atoms with Crippen LogP contribution in [0.5, 0.6) is 0 Å². The number of anilines is 1. The maximum absolute atomic E-state index is 3.59. The summed E-state index contributed by atoms with van der Waals surface area (Å²) in [4.78, 5) is 0. The van der Waals surface area contributed by atoms with E-state index in [1.165, 1.54) is 16.7 Å². The van der Waals surface area contributed by atoms with Crippen molar-refractivity contribution in [1.29, 1.82) is 0 Å². The fraction of sp³-hybridized carbons (Fsp3) is 0.0833. The molecule has 1 nitrogen and oxygen atoms in total. The second-order valence-corrected chi connectivity index (χ2v) is 6.31. The molecule has 4 rings (SSSR count). The molecule has 0 bridgehead atoms. The van der Waals surface area contributed by atoms with Crippen molar-refractivity contribution in [3.05, 3.63) is 114 Å². The van der Waals surface area contributed by atoms with E-state index in [2.05, 4.69) is 108 Å². The Kier molecular flexibility index (Phi) is 4.47. The fourth-order valence-electron chi connectivity index (χ4n) is 3.28. The lowest BCUT2D eigenvalue weighted by atomic mass is 9.91. The third-order valence-electron chi connectivity index (χ3n) is 4.62. The summed E-state index contributed by atoms with van der Waals surface area (Å²) in [5.74, 6) is 0.469. The zero-order chi connectivity index (χ0) is 16.9. The van der Waals surface area contributed by atoms with Gasteiger partial charge in [0.05, 0.1) is 0 Å². The van der Waals surface area contributed by atoms with Crippen molar-refractivity contribution in [3.63, 3.8) is 0 Å². The van der Waals surface area contributed by atoms with Crippen LogP contribution < -0.4 is 5.32 Å². The molecule has 3 aromatic carbocycles. The van der Waals surface area contributed by atoms with E-state index >= 15 is 0 Å². The van der Waals surface area contributed by atoms with Gasteiger partial charge in [0.25, 0.3) is 0 Å². The van der Waals surface area contributed by atoms with Crippen LogP contribution in [0.25, 0.3) is 11.1 Å². The molecule has 1 unspecified atom stereocenters. The van der Waals surface area contributed by atoms with Crippen LogP contribution in [0.4, 0.5) is 5.69 Å². The number of rotatable bonds is 4. The zero-order valence-electron chi connectivity index (χ0n) is 14.1. The SMILES string of the molecule is C1=CC(c2ccccc2)CC=C1Nc1ccccc1-c1ccccc1. The first-order valence-corrected chi connectivity index (χ1v) is 8.75. The number of nitrogens with one attached hydrogen (secondary N) is 1. The minimum Gasteiger partial charge on any atom is -0.355 e. The van der Waals surface area contributed by atoms with Gasteiger partial charge >= 0.3 is 0 Å². The average Bonchev–Trinajstić information content (AvgIpc) is 2.70. The monoisotopic (exact) mass is 323 g/mol. The summed E-state index contributed by atoms with van der Waals surface area (Å²) in [5.41, 5.74) is 6.13. The first-order chi connectivity index (χ1) is 12.4. The third kappa shape index (κ3) is 3.56. The number of allylic oxidation sites excluding steroid dienone is 3. The highest BCUT2D eigenvalue weighted by molar-refractivity contribution is 5.79. The molecule has 1 N–H and O–H groups in total. The topological polar surface area (TPSA) is 12.0 Å². The molecular formula is C24H21N. The van der Waals surface area contributed by atoms with E-state index in [4.69, 9.17) is 0 Å². The molecule has 1 aliphatic rings. The molecule has 0 spiro atoms. The Morgan fingerprint density at radius 1 is 0.720 bits per heavy atom. The van der Waals surface area contributed by atoms with E-state index in [0.717, 1.165) is 17.8 Å². The number of benzene rings is 3. The molecule has 1 heteroatoms. The summed E-state index contributed by atoms with van der Waals surface area (Å²) in [6, 6.07) is 29.7. The third-order valence-corrected chi connectivity index (χ3v) is 4.62. The van der Waals surface area contributed by atoms with Gasteiger partial charge in [-0.05, 0) is 29.7 Å². The number of hydrogen-bond acceptors (Lipinski definition) is 1. The summed E-state index contributed by atoms with van der Waals surface area (Å²) in [5, 5.41) is 3.59. The van der Waals surface area contributed by atoms with Crippen molar-refractivity contribution in [3.8, 4) is 11.1 Å². The van der Waals surface area contributed by atoms with Crippen LogP contribution in [0.1, 0.15) is 17.9 Å². The summed E-state index contributed by atoms with van der Waals surface area (Å²) < 4.78 is 0. The lowest BCUT2D eigenvalue weighted by Crippen LogP contribution is -2.05. The van der Waals surface area contributed by atoms with Crippen molar-refractivity contribution in [1.82, 2.24) is 0 Å². The minimum absolute atomic E-state index is 0.469. The van der Waals surface area contributed by atoms with Gasteiger partial charge in [-0.15, -0.1) is 0 Å². The van der Waals surface area contributed by atoms with Gasteiger partial charge in [-0.3, -0.25) is 0 Å². The quantitative estimate of drug-likeness (QED) is 0.586. The Bertz CT molecular complexity index is 892. The molecule has 3 aromatic rings. The first kappa shape index (κ1) is 15.5. The predicted octanol–water partition coefficient (Wildman–Crippen LogP) is 6.39. The number of para-hydroxylation sites is 1. The molecule has 0 amide bonds. The Balaban J connectivity index is 1.53. The standard InChI is InChI=1S/C24H21N/c1-3-9-19(10-4-1)20-15-17-22(18-16-20)25-24-14-8-7-13-23(24)21-11-5-2-6-12-21/h1-15,17-18,20,25H,16H2. The van der Waals surface area contributed by atoms with Crippen LogP contribution in [-0.2, 0) is 0 Å². The molecule has 0 fully saturated rings. The maximum Gasteiger partial charge on any atom is 0.0463 e. The van der Waals surface area contributed by atoms with Crippen LogP contribution in [0.15, 0.2) is 109 Å². The predicted molar refractivity (Wildman–Crippen MR) is 107 cm³/mol. The van der Waals surface area contributed by atoms with Gasteiger partial charge in [0.1, 0.15) is 0 Å². The van der Waals surface area contributed by atoms with Crippen molar-refractivity contribution in [2.45, 2.75) is 12.3 Å². The molecule has 0 saturated heterocycles. The average molecular weight is 323 g/mol. The maximum atomic E-state index is 3.59. The Labute approximate surface area is 149 Å². The van der Waals surface area contributed by atoms with Crippen molar-refractivity contribution < 1.29 is 0 Å². The first-order valence-electron chi connectivity index (χ1n) is 8.75. The van der Waals surface area contributed by atoms with E-state index in [9.17, 15) is 0 Å². The molecule has 0 aromatic heterocycles. The smallest absolute Gasteiger partial charge is 0.0463 e. The van der Waals surface area contributed by atoms with Gasteiger partial charge in [-0.25, -0.2) is 0 Å². The van der Waals surface area contributed by atoms with Crippen LogP contribution in [0.3, 0.4) is 0 Å². The van der Waals surface area contributed by atoms with Gasteiger partial charge in [-0.2, -0.15) is 0 Å². The normalized spacial score (nSPS) is 16.3. The van der Waals surface area contributed by atoms with Crippen molar-refractivity contribution in [2.75, 3.05) is 5.32 Å².